The molecule has 0 aromatic carbocycles. The summed E-state index contributed by atoms with van der Waals surface area (Å²) in [5, 5.41) is 10.3. The zero-order chi connectivity index (χ0) is 11.5. The standard InChI is InChI=1S/C13H24OSi/c1-12(11-15(2,3)4)10-13(14)8-6-5-7-9-13/h6,8,14H,1,5,7,9-11H2,2-4H3. The molecular formula is C13H24OSi. The second-order valence-electron chi connectivity index (χ2n) is 6.06. The third-order valence-corrected chi connectivity index (χ3v) is 4.31. The van der Waals surface area contributed by atoms with Crippen LogP contribution in [-0.2, 0) is 0 Å². The number of hydrogen-bond donors (Lipinski definition) is 1. The van der Waals surface area contributed by atoms with Gasteiger partial charge in [-0.25, -0.2) is 0 Å². The third-order valence-electron chi connectivity index (χ3n) is 2.75. The van der Waals surface area contributed by atoms with E-state index in [2.05, 4.69) is 32.3 Å². The first-order valence-electron chi connectivity index (χ1n) is 5.88. The highest BCUT2D eigenvalue weighted by Gasteiger charge is 2.27. The topological polar surface area (TPSA) is 20.2 Å². The first-order chi connectivity index (χ1) is 6.81. The van der Waals surface area contributed by atoms with Crippen molar-refractivity contribution in [3.63, 3.8) is 0 Å². The molecule has 0 spiro atoms. The molecule has 0 heterocycles. The van der Waals surface area contributed by atoms with E-state index in [9.17, 15) is 5.11 Å². The molecule has 0 fully saturated rings. The molecule has 0 aliphatic heterocycles. The molecule has 1 nitrogen and oxygen atoms in total. The van der Waals surface area contributed by atoms with E-state index < -0.39 is 13.7 Å². The fourth-order valence-electron chi connectivity index (χ4n) is 2.30. The highest BCUT2D eigenvalue weighted by molar-refractivity contribution is 6.76. The lowest BCUT2D eigenvalue weighted by Gasteiger charge is -2.30. The van der Waals surface area contributed by atoms with Gasteiger partial charge in [0.2, 0.25) is 0 Å². The van der Waals surface area contributed by atoms with Crippen molar-refractivity contribution < 1.29 is 5.11 Å². The summed E-state index contributed by atoms with van der Waals surface area (Å²) in [6.07, 6.45) is 7.95. The van der Waals surface area contributed by atoms with E-state index in [0.29, 0.717) is 0 Å². The van der Waals surface area contributed by atoms with E-state index in [-0.39, 0.29) is 0 Å². The maximum absolute atomic E-state index is 10.3. The normalized spacial score (nSPS) is 26.7. The molecule has 0 bridgehead atoms. The molecule has 1 atom stereocenters. The summed E-state index contributed by atoms with van der Waals surface area (Å²) in [7, 11) is -1.07. The summed E-state index contributed by atoms with van der Waals surface area (Å²) in [6.45, 7) is 11.2. The van der Waals surface area contributed by atoms with Crippen LogP contribution in [0.15, 0.2) is 24.3 Å². The molecule has 1 unspecified atom stereocenters. The van der Waals surface area contributed by atoms with E-state index in [1.165, 1.54) is 5.57 Å². The molecule has 1 rings (SSSR count). The van der Waals surface area contributed by atoms with E-state index in [1.807, 2.05) is 6.08 Å². The van der Waals surface area contributed by atoms with Crippen LogP contribution in [0, 0.1) is 0 Å². The van der Waals surface area contributed by atoms with Crippen LogP contribution in [-0.4, -0.2) is 18.8 Å². The van der Waals surface area contributed by atoms with Gasteiger partial charge in [-0.15, -0.1) is 6.58 Å². The Kier molecular flexibility index (Phi) is 3.96. The number of allylic oxidation sites excluding steroid dienone is 1. The van der Waals surface area contributed by atoms with Crippen LogP contribution in [0.1, 0.15) is 25.7 Å². The van der Waals surface area contributed by atoms with Crippen LogP contribution >= 0.6 is 0 Å². The lowest BCUT2D eigenvalue weighted by atomic mass is 9.86. The Morgan fingerprint density at radius 3 is 2.60 bits per heavy atom. The lowest BCUT2D eigenvalue weighted by Crippen LogP contribution is -2.30. The van der Waals surface area contributed by atoms with Crippen LogP contribution in [0.5, 0.6) is 0 Å². The van der Waals surface area contributed by atoms with Gasteiger partial charge < -0.3 is 5.11 Å². The fourth-order valence-corrected chi connectivity index (χ4v) is 3.93. The molecule has 0 saturated heterocycles. The summed E-state index contributed by atoms with van der Waals surface area (Å²) >= 11 is 0. The molecule has 0 amide bonds. The Balaban J connectivity index is 2.50. The highest BCUT2D eigenvalue weighted by Crippen LogP contribution is 2.30. The van der Waals surface area contributed by atoms with E-state index in [1.54, 1.807) is 0 Å². The second-order valence-corrected chi connectivity index (χ2v) is 11.5. The zero-order valence-electron chi connectivity index (χ0n) is 10.3. The molecule has 1 N–H and O–H groups in total. The first kappa shape index (κ1) is 12.7. The van der Waals surface area contributed by atoms with Crippen molar-refractivity contribution in [1.82, 2.24) is 0 Å². The Labute approximate surface area is 94.9 Å². The van der Waals surface area contributed by atoms with Gasteiger partial charge in [-0.05, 0) is 25.3 Å². The van der Waals surface area contributed by atoms with E-state index in [0.717, 1.165) is 31.7 Å². The largest absolute Gasteiger partial charge is 0.385 e. The maximum atomic E-state index is 10.3. The summed E-state index contributed by atoms with van der Waals surface area (Å²) < 4.78 is 0. The van der Waals surface area contributed by atoms with Gasteiger partial charge in [-0.3, -0.25) is 0 Å². The summed E-state index contributed by atoms with van der Waals surface area (Å²) in [4.78, 5) is 0. The number of aliphatic hydroxyl groups is 1. The Bertz CT molecular complexity index is 262. The monoisotopic (exact) mass is 224 g/mol. The molecule has 15 heavy (non-hydrogen) atoms. The van der Waals surface area contributed by atoms with Gasteiger partial charge in [0.15, 0.2) is 0 Å². The smallest absolute Gasteiger partial charge is 0.0864 e. The van der Waals surface area contributed by atoms with Gasteiger partial charge >= 0.3 is 0 Å². The van der Waals surface area contributed by atoms with E-state index >= 15 is 0 Å². The fraction of sp³-hybridized carbons (Fsp3) is 0.692. The maximum Gasteiger partial charge on any atom is 0.0864 e. The van der Waals surface area contributed by atoms with Crippen molar-refractivity contribution in [2.75, 3.05) is 0 Å². The minimum atomic E-state index is -1.07. The molecule has 0 radical (unpaired) electrons. The van der Waals surface area contributed by atoms with Crippen LogP contribution in [0.4, 0.5) is 0 Å². The summed E-state index contributed by atoms with van der Waals surface area (Å²) in [5.41, 5.74) is 0.637. The lowest BCUT2D eigenvalue weighted by molar-refractivity contribution is 0.0752. The van der Waals surface area contributed by atoms with Gasteiger partial charge in [-0.2, -0.15) is 0 Å². The molecule has 86 valence electrons. The van der Waals surface area contributed by atoms with Crippen LogP contribution in [0.3, 0.4) is 0 Å². The number of hydrogen-bond acceptors (Lipinski definition) is 1. The van der Waals surface area contributed by atoms with Gasteiger partial charge in [0.05, 0.1) is 5.60 Å². The Morgan fingerprint density at radius 1 is 1.47 bits per heavy atom. The molecule has 0 saturated carbocycles. The predicted molar refractivity (Wildman–Crippen MR) is 69.9 cm³/mol. The molecule has 1 aliphatic rings. The van der Waals surface area contributed by atoms with Crippen LogP contribution in [0.2, 0.25) is 25.7 Å². The number of rotatable bonds is 4. The van der Waals surface area contributed by atoms with Crippen LogP contribution < -0.4 is 0 Å². The average Bonchev–Trinajstić information content (AvgIpc) is 1.99. The van der Waals surface area contributed by atoms with Crippen LogP contribution in [0.25, 0.3) is 0 Å². The van der Waals surface area contributed by atoms with Crippen molar-refractivity contribution >= 4 is 8.07 Å². The molecule has 1 aliphatic carbocycles. The molecule has 2 heteroatoms. The van der Waals surface area contributed by atoms with Gasteiger partial charge in [0.25, 0.3) is 0 Å². The van der Waals surface area contributed by atoms with Crippen molar-refractivity contribution in [3.8, 4) is 0 Å². The Hall–Kier alpha value is -0.343. The van der Waals surface area contributed by atoms with E-state index in [4.69, 9.17) is 0 Å². The predicted octanol–water partition coefficient (Wildman–Crippen LogP) is 3.74. The minimum Gasteiger partial charge on any atom is -0.385 e. The SMILES string of the molecule is C=C(CC1(O)C=CCCC1)C[Si](C)(C)C. The molecule has 0 aromatic heterocycles. The average molecular weight is 224 g/mol. The van der Waals surface area contributed by atoms with Gasteiger partial charge in [0, 0.05) is 14.5 Å². The van der Waals surface area contributed by atoms with Crippen molar-refractivity contribution in [2.45, 2.75) is 57.0 Å². The highest BCUT2D eigenvalue weighted by atomic mass is 28.3. The van der Waals surface area contributed by atoms with Crippen molar-refractivity contribution in [3.05, 3.63) is 24.3 Å². The second kappa shape index (κ2) is 4.66. The van der Waals surface area contributed by atoms with Gasteiger partial charge in [-0.1, -0.05) is 37.4 Å². The minimum absolute atomic E-state index is 0.588. The van der Waals surface area contributed by atoms with Crippen molar-refractivity contribution in [2.24, 2.45) is 0 Å². The summed E-state index contributed by atoms with van der Waals surface area (Å²) in [6, 6.07) is 1.13. The third kappa shape index (κ3) is 4.80. The van der Waals surface area contributed by atoms with Crippen molar-refractivity contribution in [1.29, 1.82) is 0 Å². The summed E-state index contributed by atoms with van der Waals surface area (Å²) in [5.74, 6) is 0. The molecule has 0 aromatic rings. The quantitative estimate of drug-likeness (QED) is 0.570. The Morgan fingerprint density at radius 2 is 2.13 bits per heavy atom. The zero-order valence-corrected chi connectivity index (χ0v) is 11.3. The first-order valence-corrected chi connectivity index (χ1v) is 9.58. The van der Waals surface area contributed by atoms with Gasteiger partial charge in [0.1, 0.15) is 0 Å². The molecular weight excluding hydrogens is 200 g/mol.